The summed E-state index contributed by atoms with van der Waals surface area (Å²) in [5.41, 5.74) is 12.7. The van der Waals surface area contributed by atoms with Crippen molar-refractivity contribution in [2.75, 3.05) is 0 Å². The third-order valence-electron chi connectivity index (χ3n) is 12.3. The highest BCUT2D eigenvalue weighted by Gasteiger charge is 2.21. The minimum Gasteiger partial charge on any atom is -0.456 e. The van der Waals surface area contributed by atoms with E-state index in [1.807, 2.05) is 54.6 Å². The van der Waals surface area contributed by atoms with Crippen LogP contribution in [0, 0.1) is 0 Å². The summed E-state index contributed by atoms with van der Waals surface area (Å²) in [7, 11) is 0. The van der Waals surface area contributed by atoms with Crippen molar-refractivity contribution < 1.29 is 4.42 Å². The maximum Gasteiger partial charge on any atom is 0.164 e. The number of fused-ring (bicyclic) bond motifs is 9. The van der Waals surface area contributed by atoms with Gasteiger partial charge in [0.25, 0.3) is 0 Å². The molecule has 0 aliphatic heterocycles. The highest BCUT2D eigenvalue weighted by Crippen LogP contribution is 2.46. The molecule has 0 unspecified atom stereocenters. The molecule has 0 spiro atoms. The Labute approximate surface area is 365 Å². The van der Waals surface area contributed by atoms with Crippen LogP contribution in [0.25, 0.3) is 126 Å². The Kier molecular flexibility index (Phi) is 8.01. The van der Waals surface area contributed by atoms with Crippen LogP contribution in [-0.2, 0) is 0 Å². The number of thiophene rings is 1. The van der Waals surface area contributed by atoms with E-state index in [0.717, 1.165) is 44.3 Å². The Bertz CT molecular complexity index is 3920. The van der Waals surface area contributed by atoms with E-state index < -0.39 is 0 Å². The molecular weight excluding hydrogens is 789 g/mol. The average molecular weight is 823 g/mol. The predicted molar refractivity (Wildman–Crippen MR) is 262 cm³/mol. The summed E-state index contributed by atoms with van der Waals surface area (Å²) in [6.07, 6.45) is 0. The molecule has 0 aliphatic carbocycles. The smallest absolute Gasteiger partial charge is 0.164 e. The molecule has 4 heterocycles. The van der Waals surface area contributed by atoms with Gasteiger partial charge in [-0.05, 0) is 65.2 Å². The second kappa shape index (κ2) is 14.2. The number of hydrogen-bond acceptors (Lipinski definition) is 5. The third kappa shape index (κ3) is 5.73. The van der Waals surface area contributed by atoms with Crippen molar-refractivity contribution in [1.29, 1.82) is 0 Å². The molecule has 0 amide bonds. The fourth-order valence-electron chi connectivity index (χ4n) is 9.44. The van der Waals surface area contributed by atoms with Gasteiger partial charge in [0, 0.05) is 69.7 Å². The van der Waals surface area contributed by atoms with Crippen LogP contribution < -0.4 is 0 Å². The first kappa shape index (κ1) is 35.6. The molecule has 13 rings (SSSR count). The summed E-state index contributed by atoms with van der Waals surface area (Å²) in [5, 5.41) is 7.08. The number of aromatic nitrogens is 4. The van der Waals surface area contributed by atoms with E-state index >= 15 is 0 Å². The van der Waals surface area contributed by atoms with Gasteiger partial charge in [-0.3, -0.25) is 0 Å². The van der Waals surface area contributed by atoms with Crippen LogP contribution >= 0.6 is 11.3 Å². The van der Waals surface area contributed by atoms with Gasteiger partial charge >= 0.3 is 0 Å². The fraction of sp³-hybridized carbons (Fsp3) is 0. The van der Waals surface area contributed by atoms with Gasteiger partial charge in [0.1, 0.15) is 11.2 Å². The molecule has 0 bridgehead atoms. The van der Waals surface area contributed by atoms with Crippen LogP contribution in [0.2, 0.25) is 0 Å². The van der Waals surface area contributed by atoms with E-state index in [1.165, 1.54) is 64.2 Å². The van der Waals surface area contributed by atoms with Crippen LogP contribution in [0.15, 0.2) is 211 Å². The molecule has 0 atom stereocenters. The summed E-state index contributed by atoms with van der Waals surface area (Å²) in [6, 6.07) is 72.9. The maximum absolute atomic E-state index is 6.28. The number of hydrogen-bond donors (Lipinski definition) is 0. The predicted octanol–water partition coefficient (Wildman–Crippen LogP) is 15.6. The number of nitrogens with zero attached hydrogens (tertiary/aromatic N) is 4. The van der Waals surface area contributed by atoms with Gasteiger partial charge in [-0.1, -0.05) is 158 Å². The monoisotopic (exact) mass is 822 g/mol. The van der Waals surface area contributed by atoms with Crippen LogP contribution in [0.3, 0.4) is 0 Å². The van der Waals surface area contributed by atoms with Crippen LogP contribution in [-0.4, -0.2) is 19.5 Å². The van der Waals surface area contributed by atoms with Gasteiger partial charge in [-0.2, -0.15) is 0 Å². The molecule has 0 saturated carbocycles. The normalized spacial score (nSPS) is 11.8. The van der Waals surface area contributed by atoms with Crippen molar-refractivity contribution in [3.63, 3.8) is 0 Å². The molecule has 6 heteroatoms. The van der Waals surface area contributed by atoms with Gasteiger partial charge in [-0.25, -0.2) is 15.0 Å². The summed E-state index contributed by atoms with van der Waals surface area (Å²) in [4.78, 5) is 15.3. The minimum atomic E-state index is 0.595. The third-order valence-corrected chi connectivity index (χ3v) is 13.4. The zero-order valence-electron chi connectivity index (χ0n) is 33.7. The number of rotatable bonds is 6. The topological polar surface area (TPSA) is 56.7 Å². The van der Waals surface area contributed by atoms with Crippen molar-refractivity contribution in [2.45, 2.75) is 0 Å². The van der Waals surface area contributed by atoms with Crippen molar-refractivity contribution in [3.8, 4) is 62.1 Å². The molecule has 5 nitrogen and oxygen atoms in total. The quantitative estimate of drug-likeness (QED) is 0.168. The van der Waals surface area contributed by atoms with E-state index in [9.17, 15) is 0 Å². The van der Waals surface area contributed by atoms with Crippen molar-refractivity contribution in [2.24, 2.45) is 0 Å². The van der Waals surface area contributed by atoms with E-state index in [4.69, 9.17) is 19.4 Å². The van der Waals surface area contributed by atoms with Crippen LogP contribution in [0.4, 0.5) is 0 Å². The summed E-state index contributed by atoms with van der Waals surface area (Å²) in [5.74, 6) is 1.84. The highest BCUT2D eigenvalue weighted by atomic mass is 32.1. The molecule has 0 N–H and O–H groups in total. The summed E-state index contributed by atoms with van der Waals surface area (Å²) in [6.45, 7) is 0. The average Bonchev–Trinajstić information content (AvgIpc) is 4.03. The van der Waals surface area contributed by atoms with Gasteiger partial charge < -0.3 is 8.98 Å². The first-order valence-corrected chi connectivity index (χ1v) is 21.9. The summed E-state index contributed by atoms with van der Waals surface area (Å²) >= 11 is 1.80. The van der Waals surface area contributed by atoms with Gasteiger partial charge in [0.2, 0.25) is 0 Å². The number of para-hydroxylation sites is 4. The van der Waals surface area contributed by atoms with Crippen molar-refractivity contribution in [3.05, 3.63) is 206 Å². The Hall–Kier alpha value is -8.19. The van der Waals surface area contributed by atoms with Gasteiger partial charge in [0.05, 0.1) is 11.0 Å². The van der Waals surface area contributed by atoms with Crippen molar-refractivity contribution in [1.82, 2.24) is 19.5 Å². The molecule has 13 aromatic rings. The number of furan rings is 1. The van der Waals surface area contributed by atoms with Crippen LogP contribution in [0.5, 0.6) is 0 Å². The Morgan fingerprint density at radius 2 is 0.937 bits per heavy atom. The Morgan fingerprint density at radius 3 is 1.75 bits per heavy atom. The zero-order valence-corrected chi connectivity index (χ0v) is 34.6. The van der Waals surface area contributed by atoms with E-state index in [-0.39, 0.29) is 0 Å². The second-order valence-corrected chi connectivity index (χ2v) is 17.0. The fourth-order valence-corrected chi connectivity index (χ4v) is 10.6. The largest absolute Gasteiger partial charge is 0.456 e. The molecular formula is C57H34N4OS. The van der Waals surface area contributed by atoms with Crippen LogP contribution in [0.1, 0.15) is 0 Å². The zero-order chi connectivity index (χ0) is 41.4. The lowest BCUT2D eigenvalue weighted by molar-refractivity contribution is 0.669. The van der Waals surface area contributed by atoms with Crippen molar-refractivity contribution >= 4 is 75.3 Å². The summed E-state index contributed by atoms with van der Waals surface area (Å²) < 4.78 is 11.1. The Morgan fingerprint density at radius 1 is 0.365 bits per heavy atom. The van der Waals surface area contributed by atoms with E-state index in [2.05, 4.69) is 156 Å². The lowest BCUT2D eigenvalue weighted by Crippen LogP contribution is -2.00. The molecule has 0 fully saturated rings. The maximum atomic E-state index is 6.28. The van der Waals surface area contributed by atoms with Gasteiger partial charge in [-0.15, -0.1) is 11.3 Å². The molecule has 63 heavy (non-hydrogen) atoms. The first-order chi connectivity index (χ1) is 31.2. The minimum absolute atomic E-state index is 0.595. The lowest BCUT2D eigenvalue weighted by Gasteiger charge is -2.15. The van der Waals surface area contributed by atoms with Gasteiger partial charge in [0.15, 0.2) is 17.5 Å². The molecule has 0 saturated heterocycles. The highest BCUT2D eigenvalue weighted by molar-refractivity contribution is 7.26. The standard InChI is InChI=1S/C57H34N4OS/c1-3-15-35(16-4-1)55-58-56(36-29-31-43-42-22-10-12-27-49(42)62-50(43)33-36)60-57(59-55)37-30-32-47-52(34-37)63-51-28-14-23-44(53(47)51)39-19-7-8-20-40(39)45-24-13-25-46-41-21-9-11-26-48(41)61(54(45)46)38-17-5-2-6-18-38/h1-34H. The lowest BCUT2D eigenvalue weighted by atomic mass is 9.91. The molecule has 294 valence electrons. The number of benzene rings is 9. The molecule has 9 aromatic carbocycles. The molecule has 0 radical (unpaired) electrons. The second-order valence-electron chi connectivity index (χ2n) is 15.9. The molecule has 4 aromatic heterocycles. The molecule has 0 aliphatic rings. The Balaban J connectivity index is 0.969. The first-order valence-electron chi connectivity index (χ1n) is 21.1. The SMILES string of the molecule is c1ccc(-c2nc(-c3ccc4c(c3)oc3ccccc34)nc(-c3ccc4c(c3)sc3cccc(-c5ccccc5-c5cccc6c7ccccc7n(-c7ccccc7)c56)c34)n2)cc1. The van der Waals surface area contributed by atoms with E-state index in [1.54, 1.807) is 11.3 Å². The van der Waals surface area contributed by atoms with E-state index in [0.29, 0.717) is 17.5 Å².